The predicted molar refractivity (Wildman–Crippen MR) is 106 cm³/mol. The van der Waals surface area contributed by atoms with Crippen LogP contribution in [-0.4, -0.2) is 60.5 Å². The van der Waals surface area contributed by atoms with Crippen molar-refractivity contribution in [3.8, 4) is 0 Å². The van der Waals surface area contributed by atoms with E-state index in [0.29, 0.717) is 24.6 Å². The van der Waals surface area contributed by atoms with E-state index < -0.39 is 15.8 Å². The van der Waals surface area contributed by atoms with Crippen LogP contribution in [-0.2, 0) is 19.4 Å². The van der Waals surface area contributed by atoms with Gasteiger partial charge in [-0.2, -0.15) is 0 Å². The average molecular weight is 411 g/mol. The minimum Gasteiger partial charge on any atom is -0.452 e. The smallest absolute Gasteiger partial charge is 0.340 e. The molecule has 0 N–H and O–H groups in total. The van der Waals surface area contributed by atoms with Gasteiger partial charge in [0.05, 0.1) is 17.1 Å². The van der Waals surface area contributed by atoms with E-state index in [1.807, 2.05) is 33.8 Å². The van der Waals surface area contributed by atoms with Crippen LogP contribution in [0.4, 0.5) is 0 Å². The summed E-state index contributed by atoms with van der Waals surface area (Å²) in [6, 6.07) is 1.95. The summed E-state index contributed by atoms with van der Waals surface area (Å²) in [6.07, 6.45) is 2.69. The van der Waals surface area contributed by atoms with Gasteiger partial charge in [-0.3, -0.25) is 4.79 Å². The molecule has 0 bridgehead atoms. The molecule has 1 saturated carbocycles. The Kier molecular flexibility index (Phi) is 5.89. The predicted octanol–water partition coefficient (Wildman–Crippen LogP) is 2.27. The maximum absolute atomic E-state index is 12.7. The summed E-state index contributed by atoms with van der Waals surface area (Å²) >= 11 is 0. The summed E-state index contributed by atoms with van der Waals surface area (Å²) in [5, 5.41) is 0. The first-order valence-corrected chi connectivity index (χ1v) is 11.8. The minimum atomic E-state index is -3.10. The first-order chi connectivity index (χ1) is 13.1. The van der Waals surface area contributed by atoms with Crippen molar-refractivity contribution in [3.63, 3.8) is 0 Å². The third-order valence-electron chi connectivity index (χ3n) is 5.47. The second-order valence-corrected chi connectivity index (χ2v) is 10.7. The molecule has 28 heavy (non-hydrogen) atoms. The lowest BCUT2D eigenvalue weighted by molar-refractivity contribution is -0.137. The highest BCUT2D eigenvalue weighted by Crippen LogP contribution is 2.38. The Bertz CT molecular complexity index is 867. The van der Waals surface area contributed by atoms with E-state index in [4.69, 9.17) is 4.74 Å². The molecule has 7 nitrogen and oxygen atoms in total. The number of carbonyl (C=O) groups is 2. The maximum Gasteiger partial charge on any atom is 0.340 e. The molecule has 8 heteroatoms. The number of hydrogen-bond donors (Lipinski definition) is 0. The molecule has 0 aromatic carbocycles. The zero-order valence-corrected chi connectivity index (χ0v) is 17.9. The molecule has 0 unspecified atom stereocenters. The number of hydrogen-bond acceptors (Lipinski definition) is 5. The molecule has 1 saturated heterocycles. The lowest BCUT2D eigenvalue weighted by Gasteiger charge is -2.29. The highest BCUT2D eigenvalue weighted by atomic mass is 32.2. The van der Waals surface area contributed by atoms with Gasteiger partial charge in [0.1, 0.15) is 0 Å². The fourth-order valence-electron chi connectivity index (χ4n) is 4.04. The van der Waals surface area contributed by atoms with Gasteiger partial charge in [-0.25, -0.2) is 13.2 Å². The molecule has 1 aliphatic carbocycles. The van der Waals surface area contributed by atoms with Gasteiger partial charge in [-0.05, 0) is 45.1 Å². The van der Waals surface area contributed by atoms with E-state index in [1.54, 1.807) is 4.90 Å². The second kappa shape index (κ2) is 7.89. The third kappa shape index (κ3) is 4.59. The normalized spacial score (nSPS) is 21.1. The van der Waals surface area contributed by atoms with Crippen LogP contribution in [0.2, 0.25) is 0 Å². The summed E-state index contributed by atoms with van der Waals surface area (Å²) in [5.74, 6) is -0.550. The molecular formula is C20H30N2O5S. The number of aryl methyl sites for hydroxylation is 1. The molecule has 1 amide bonds. The zero-order valence-electron chi connectivity index (χ0n) is 17.1. The Hall–Kier alpha value is -1.83. The van der Waals surface area contributed by atoms with Crippen LogP contribution in [0.15, 0.2) is 6.07 Å². The largest absolute Gasteiger partial charge is 0.452 e. The Morgan fingerprint density at radius 2 is 1.93 bits per heavy atom. The molecule has 2 aliphatic rings. The molecule has 1 atom stereocenters. The van der Waals surface area contributed by atoms with Crippen molar-refractivity contribution in [2.24, 2.45) is 5.92 Å². The van der Waals surface area contributed by atoms with Gasteiger partial charge in [0, 0.05) is 30.0 Å². The van der Waals surface area contributed by atoms with Gasteiger partial charge in [0.15, 0.2) is 16.4 Å². The van der Waals surface area contributed by atoms with Gasteiger partial charge in [-0.15, -0.1) is 0 Å². The van der Waals surface area contributed by atoms with Gasteiger partial charge in [-0.1, -0.05) is 13.8 Å². The summed E-state index contributed by atoms with van der Waals surface area (Å²) in [6.45, 7) is 7.91. The van der Waals surface area contributed by atoms with Gasteiger partial charge >= 0.3 is 5.97 Å². The number of sulfone groups is 1. The number of ether oxygens (including phenoxy) is 1. The zero-order chi connectivity index (χ0) is 20.6. The first kappa shape index (κ1) is 20.9. The molecule has 1 aromatic rings. The van der Waals surface area contributed by atoms with Gasteiger partial charge in [0.2, 0.25) is 0 Å². The molecule has 156 valence electrons. The number of amides is 1. The van der Waals surface area contributed by atoms with Crippen molar-refractivity contribution in [2.45, 2.75) is 59.0 Å². The number of carbonyl (C=O) groups excluding carboxylic acids is 2. The Balaban J connectivity index is 1.65. The second-order valence-electron chi connectivity index (χ2n) is 8.46. The van der Waals surface area contributed by atoms with Crippen LogP contribution < -0.4 is 0 Å². The van der Waals surface area contributed by atoms with Crippen LogP contribution in [0.3, 0.4) is 0 Å². The summed E-state index contributed by atoms with van der Waals surface area (Å²) < 4.78 is 31.1. The van der Waals surface area contributed by atoms with E-state index in [2.05, 4.69) is 4.57 Å². The van der Waals surface area contributed by atoms with Crippen molar-refractivity contribution in [3.05, 3.63) is 23.0 Å². The Labute approximate surface area is 166 Å². The average Bonchev–Trinajstić information content (AvgIpc) is 3.30. The molecule has 1 aromatic heterocycles. The fraction of sp³-hybridized carbons (Fsp3) is 0.700. The van der Waals surface area contributed by atoms with Crippen LogP contribution in [0.5, 0.6) is 0 Å². The molecular weight excluding hydrogens is 380 g/mol. The van der Waals surface area contributed by atoms with Crippen molar-refractivity contribution in [1.82, 2.24) is 9.47 Å². The SMILES string of the molecule is Cc1cc(C(=O)OCC(=O)N(CC(C)C)[C@@H]2CCS(=O)(=O)C2)c(C)n1C1CC1. The first-order valence-electron chi connectivity index (χ1n) is 9.94. The molecule has 3 rings (SSSR count). The number of nitrogens with zero attached hydrogens (tertiary/aromatic N) is 2. The van der Waals surface area contributed by atoms with Crippen LogP contribution in [0.1, 0.15) is 60.9 Å². The Morgan fingerprint density at radius 1 is 1.25 bits per heavy atom. The monoisotopic (exact) mass is 410 g/mol. The molecule has 0 radical (unpaired) electrons. The van der Waals surface area contributed by atoms with Gasteiger partial charge in [0.25, 0.3) is 5.91 Å². The van der Waals surface area contributed by atoms with Crippen molar-refractivity contribution in [1.29, 1.82) is 0 Å². The summed E-state index contributed by atoms with van der Waals surface area (Å²) in [4.78, 5) is 26.9. The van der Waals surface area contributed by atoms with Crippen molar-refractivity contribution < 1.29 is 22.7 Å². The highest BCUT2D eigenvalue weighted by Gasteiger charge is 2.35. The Morgan fingerprint density at radius 3 is 2.46 bits per heavy atom. The fourth-order valence-corrected chi connectivity index (χ4v) is 5.77. The van der Waals surface area contributed by atoms with Crippen LogP contribution >= 0.6 is 0 Å². The van der Waals surface area contributed by atoms with E-state index in [-0.39, 0.29) is 36.0 Å². The molecule has 1 aliphatic heterocycles. The van der Waals surface area contributed by atoms with E-state index in [9.17, 15) is 18.0 Å². The minimum absolute atomic E-state index is 0.0120. The molecule has 0 spiro atoms. The molecule has 2 heterocycles. The number of aromatic nitrogens is 1. The van der Waals surface area contributed by atoms with E-state index >= 15 is 0 Å². The van der Waals surface area contributed by atoms with Gasteiger partial charge < -0.3 is 14.2 Å². The maximum atomic E-state index is 12.7. The van der Waals surface area contributed by atoms with E-state index in [1.165, 1.54) is 0 Å². The highest BCUT2D eigenvalue weighted by molar-refractivity contribution is 7.91. The van der Waals surface area contributed by atoms with Crippen molar-refractivity contribution in [2.75, 3.05) is 24.7 Å². The quantitative estimate of drug-likeness (QED) is 0.644. The summed E-state index contributed by atoms with van der Waals surface area (Å²) in [5.41, 5.74) is 2.39. The molecule has 2 fully saturated rings. The summed E-state index contributed by atoms with van der Waals surface area (Å²) in [7, 11) is -3.10. The lowest BCUT2D eigenvalue weighted by Crippen LogP contribution is -2.45. The van der Waals surface area contributed by atoms with E-state index in [0.717, 1.165) is 24.2 Å². The van der Waals surface area contributed by atoms with Crippen LogP contribution in [0.25, 0.3) is 0 Å². The topological polar surface area (TPSA) is 85.7 Å². The third-order valence-corrected chi connectivity index (χ3v) is 7.22. The van der Waals surface area contributed by atoms with Crippen LogP contribution in [0, 0.1) is 19.8 Å². The standard InChI is InChI=1S/C20H30N2O5S/c1-13(2)10-21(17-7-8-28(25,26)12-17)19(23)11-27-20(24)18-9-14(3)22(15(18)4)16-5-6-16/h9,13,16-17H,5-8,10-12H2,1-4H3/t17-/m1/s1. The number of esters is 1. The van der Waals surface area contributed by atoms with Crippen molar-refractivity contribution >= 4 is 21.7 Å². The lowest BCUT2D eigenvalue weighted by atomic mass is 10.1. The number of rotatable bonds is 7.